The van der Waals surface area contributed by atoms with Gasteiger partial charge in [0.1, 0.15) is 18.0 Å². The SMILES string of the molecule is Cc1oc(-c2ccsc2)nc1CN1C(=O)CN(C2CC2)C1=O. The van der Waals surface area contributed by atoms with Crippen molar-refractivity contribution < 1.29 is 14.0 Å². The molecular weight excluding hydrogens is 302 g/mol. The van der Waals surface area contributed by atoms with E-state index in [0.29, 0.717) is 17.3 Å². The maximum Gasteiger partial charge on any atom is 0.327 e. The van der Waals surface area contributed by atoms with E-state index in [1.165, 1.54) is 4.90 Å². The molecule has 7 heteroatoms. The molecule has 0 unspecified atom stereocenters. The molecule has 1 aliphatic carbocycles. The average molecular weight is 317 g/mol. The molecule has 2 aliphatic rings. The summed E-state index contributed by atoms with van der Waals surface area (Å²) in [6, 6.07) is 1.98. The number of urea groups is 1. The summed E-state index contributed by atoms with van der Waals surface area (Å²) in [5, 5.41) is 3.91. The fourth-order valence-corrected chi connectivity index (χ4v) is 3.25. The summed E-state index contributed by atoms with van der Waals surface area (Å²) in [6.07, 6.45) is 2.00. The minimum atomic E-state index is -0.202. The fraction of sp³-hybridized carbons (Fsp3) is 0.400. The van der Waals surface area contributed by atoms with Crippen molar-refractivity contribution in [2.45, 2.75) is 32.4 Å². The lowest BCUT2D eigenvalue weighted by atomic mass is 10.3. The first-order chi connectivity index (χ1) is 10.6. The predicted octanol–water partition coefficient (Wildman–Crippen LogP) is 2.64. The molecule has 0 atom stereocenters. The van der Waals surface area contributed by atoms with Gasteiger partial charge in [0.15, 0.2) is 0 Å². The van der Waals surface area contributed by atoms with Crippen LogP contribution in [0.15, 0.2) is 21.2 Å². The van der Waals surface area contributed by atoms with Gasteiger partial charge >= 0.3 is 6.03 Å². The number of oxazole rings is 1. The van der Waals surface area contributed by atoms with Crippen LogP contribution in [-0.2, 0) is 11.3 Å². The quantitative estimate of drug-likeness (QED) is 0.813. The highest BCUT2D eigenvalue weighted by Crippen LogP contribution is 2.31. The lowest BCUT2D eigenvalue weighted by Gasteiger charge is -2.15. The zero-order valence-corrected chi connectivity index (χ0v) is 12.9. The van der Waals surface area contributed by atoms with E-state index < -0.39 is 0 Å². The smallest absolute Gasteiger partial charge is 0.327 e. The first-order valence-corrected chi connectivity index (χ1v) is 8.17. The van der Waals surface area contributed by atoms with E-state index in [4.69, 9.17) is 4.42 Å². The van der Waals surface area contributed by atoms with Gasteiger partial charge in [0.2, 0.25) is 5.89 Å². The number of hydrogen-bond acceptors (Lipinski definition) is 5. The van der Waals surface area contributed by atoms with Gasteiger partial charge in [-0.3, -0.25) is 9.69 Å². The van der Waals surface area contributed by atoms with E-state index in [-0.39, 0.29) is 31.1 Å². The summed E-state index contributed by atoms with van der Waals surface area (Å²) in [5.41, 5.74) is 1.55. The molecule has 0 bridgehead atoms. The minimum Gasteiger partial charge on any atom is -0.441 e. The number of hydrogen-bond donors (Lipinski definition) is 0. The molecule has 3 amide bonds. The van der Waals surface area contributed by atoms with Crippen molar-refractivity contribution >= 4 is 23.3 Å². The van der Waals surface area contributed by atoms with Crippen LogP contribution in [0, 0.1) is 6.92 Å². The molecule has 4 rings (SSSR count). The molecular formula is C15H15N3O3S. The first kappa shape index (κ1) is 13.5. The van der Waals surface area contributed by atoms with Crippen LogP contribution >= 0.6 is 11.3 Å². The van der Waals surface area contributed by atoms with Crippen LogP contribution in [0.3, 0.4) is 0 Å². The molecule has 2 aromatic rings. The number of rotatable bonds is 4. The van der Waals surface area contributed by atoms with E-state index in [2.05, 4.69) is 4.98 Å². The number of nitrogens with zero attached hydrogens (tertiary/aromatic N) is 3. The predicted molar refractivity (Wildman–Crippen MR) is 80.2 cm³/mol. The number of carbonyl (C=O) groups is 2. The number of thiophene rings is 1. The summed E-state index contributed by atoms with van der Waals surface area (Å²) in [4.78, 5) is 31.8. The van der Waals surface area contributed by atoms with Crippen molar-refractivity contribution in [3.8, 4) is 11.5 Å². The Kier molecular flexibility index (Phi) is 3.04. The van der Waals surface area contributed by atoms with Crippen LogP contribution in [-0.4, -0.2) is 39.3 Å². The lowest BCUT2D eigenvalue weighted by Crippen LogP contribution is -2.33. The second-order valence-electron chi connectivity index (χ2n) is 5.66. The van der Waals surface area contributed by atoms with Crippen LogP contribution < -0.4 is 0 Å². The molecule has 0 spiro atoms. The third-order valence-corrected chi connectivity index (χ3v) is 4.72. The molecule has 0 aromatic carbocycles. The second kappa shape index (κ2) is 4.95. The van der Waals surface area contributed by atoms with E-state index in [1.807, 2.05) is 23.8 Å². The first-order valence-electron chi connectivity index (χ1n) is 7.23. The third kappa shape index (κ3) is 2.21. The van der Waals surface area contributed by atoms with Gasteiger partial charge in [-0.05, 0) is 31.2 Å². The Morgan fingerprint density at radius 2 is 2.23 bits per heavy atom. The van der Waals surface area contributed by atoms with Crippen molar-refractivity contribution in [1.82, 2.24) is 14.8 Å². The molecule has 1 saturated heterocycles. The molecule has 114 valence electrons. The summed E-state index contributed by atoms with van der Waals surface area (Å²) >= 11 is 1.57. The van der Waals surface area contributed by atoms with Crippen molar-refractivity contribution in [1.29, 1.82) is 0 Å². The Morgan fingerprint density at radius 3 is 2.91 bits per heavy atom. The van der Waals surface area contributed by atoms with Crippen LogP contribution in [0.2, 0.25) is 0 Å². The molecule has 1 saturated carbocycles. The third-order valence-electron chi connectivity index (χ3n) is 4.04. The Morgan fingerprint density at radius 1 is 1.41 bits per heavy atom. The number of aryl methyl sites for hydroxylation is 1. The highest BCUT2D eigenvalue weighted by atomic mass is 32.1. The van der Waals surface area contributed by atoms with E-state index >= 15 is 0 Å². The minimum absolute atomic E-state index is 0.156. The average Bonchev–Trinajstić information content (AvgIpc) is 2.93. The van der Waals surface area contributed by atoms with Gasteiger partial charge < -0.3 is 9.32 Å². The van der Waals surface area contributed by atoms with Gasteiger partial charge in [-0.15, -0.1) is 0 Å². The Balaban J connectivity index is 1.56. The highest BCUT2D eigenvalue weighted by molar-refractivity contribution is 7.08. The van der Waals surface area contributed by atoms with E-state index in [0.717, 1.165) is 18.4 Å². The number of imide groups is 1. The topological polar surface area (TPSA) is 66.7 Å². The maximum absolute atomic E-state index is 12.3. The van der Waals surface area contributed by atoms with Crippen molar-refractivity contribution in [2.75, 3.05) is 6.54 Å². The van der Waals surface area contributed by atoms with Gasteiger partial charge in [0.05, 0.1) is 6.54 Å². The summed E-state index contributed by atoms with van der Waals surface area (Å²) in [7, 11) is 0. The van der Waals surface area contributed by atoms with Crippen molar-refractivity contribution in [3.05, 3.63) is 28.3 Å². The summed E-state index contributed by atoms with van der Waals surface area (Å²) < 4.78 is 5.66. The van der Waals surface area contributed by atoms with Gasteiger partial charge in [0.25, 0.3) is 5.91 Å². The molecule has 2 fully saturated rings. The number of carbonyl (C=O) groups excluding carboxylic acids is 2. The van der Waals surface area contributed by atoms with Crippen molar-refractivity contribution in [2.24, 2.45) is 0 Å². The van der Waals surface area contributed by atoms with Crippen LogP contribution in [0.4, 0.5) is 4.79 Å². The number of aromatic nitrogens is 1. The molecule has 3 heterocycles. The summed E-state index contributed by atoms with van der Waals surface area (Å²) in [6.45, 7) is 2.18. The number of amides is 3. The Labute approximate surface area is 131 Å². The second-order valence-corrected chi connectivity index (χ2v) is 6.44. The van der Waals surface area contributed by atoms with Gasteiger partial charge in [-0.1, -0.05) is 0 Å². The Bertz CT molecular complexity index is 733. The van der Waals surface area contributed by atoms with Crippen LogP contribution in [0.1, 0.15) is 24.3 Å². The van der Waals surface area contributed by atoms with E-state index in [1.54, 1.807) is 16.2 Å². The van der Waals surface area contributed by atoms with Crippen LogP contribution in [0.25, 0.3) is 11.5 Å². The standard InChI is InChI=1S/C15H15N3O3S/c1-9-12(16-14(21-9)10-4-5-22-8-10)6-18-13(19)7-17(15(18)20)11-2-3-11/h4-5,8,11H,2-3,6-7H2,1H3. The molecule has 6 nitrogen and oxygen atoms in total. The molecule has 2 aromatic heterocycles. The molecule has 0 N–H and O–H groups in total. The zero-order valence-electron chi connectivity index (χ0n) is 12.1. The largest absolute Gasteiger partial charge is 0.441 e. The van der Waals surface area contributed by atoms with Gasteiger partial charge in [0, 0.05) is 17.0 Å². The fourth-order valence-electron chi connectivity index (χ4n) is 2.62. The Hall–Kier alpha value is -2.15. The maximum atomic E-state index is 12.3. The van der Waals surface area contributed by atoms with Crippen LogP contribution in [0.5, 0.6) is 0 Å². The van der Waals surface area contributed by atoms with Crippen molar-refractivity contribution in [3.63, 3.8) is 0 Å². The molecule has 22 heavy (non-hydrogen) atoms. The summed E-state index contributed by atoms with van der Waals surface area (Å²) in [5.74, 6) is 1.02. The lowest BCUT2D eigenvalue weighted by molar-refractivity contribution is -0.125. The normalized spacial score (nSPS) is 18.6. The van der Waals surface area contributed by atoms with Gasteiger partial charge in [-0.25, -0.2) is 9.78 Å². The highest BCUT2D eigenvalue weighted by Gasteiger charge is 2.44. The zero-order chi connectivity index (χ0) is 15.3. The molecule has 0 radical (unpaired) electrons. The van der Waals surface area contributed by atoms with E-state index in [9.17, 15) is 9.59 Å². The monoisotopic (exact) mass is 317 g/mol. The molecule has 1 aliphatic heterocycles. The van der Waals surface area contributed by atoms with Gasteiger partial charge in [-0.2, -0.15) is 11.3 Å².